The second-order valence-electron chi connectivity index (χ2n) is 6.55. The molecule has 1 aromatic heterocycles. The molecule has 3 aromatic rings. The van der Waals surface area contributed by atoms with Gasteiger partial charge in [0.2, 0.25) is 0 Å². The van der Waals surface area contributed by atoms with Crippen molar-refractivity contribution in [3.05, 3.63) is 86.1 Å². The van der Waals surface area contributed by atoms with Gasteiger partial charge in [0.05, 0.1) is 4.92 Å². The molecule has 1 N–H and O–H groups in total. The van der Waals surface area contributed by atoms with E-state index in [1.54, 1.807) is 43.3 Å². The molecule has 0 unspecified atom stereocenters. The standard InChI is InChI=1S/C22H16ClN3O4/c1-13-3-4-16(11-20(13)23)25-22(27)15(12-24)10-18-6-8-21(30-18)19-7-5-17(26(28)29)9-14(19)2/h3-11H,1-2H3,(H,25,27)/b15-10+. The van der Waals surface area contributed by atoms with Gasteiger partial charge in [0, 0.05) is 34.5 Å². The number of anilines is 1. The molecule has 0 aliphatic rings. The fourth-order valence-electron chi connectivity index (χ4n) is 2.77. The van der Waals surface area contributed by atoms with Crippen LogP contribution in [0.5, 0.6) is 0 Å². The molecule has 0 spiro atoms. The van der Waals surface area contributed by atoms with Crippen molar-refractivity contribution in [2.75, 3.05) is 5.32 Å². The Bertz CT molecular complexity index is 1220. The highest BCUT2D eigenvalue weighted by Gasteiger charge is 2.14. The van der Waals surface area contributed by atoms with Crippen molar-refractivity contribution >= 4 is 35.0 Å². The fourth-order valence-corrected chi connectivity index (χ4v) is 2.95. The highest BCUT2D eigenvalue weighted by molar-refractivity contribution is 6.31. The number of amides is 1. The minimum Gasteiger partial charge on any atom is -0.457 e. The number of hydrogen-bond donors (Lipinski definition) is 1. The van der Waals surface area contributed by atoms with Gasteiger partial charge in [0.25, 0.3) is 11.6 Å². The van der Waals surface area contributed by atoms with Gasteiger partial charge in [-0.1, -0.05) is 17.7 Å². The van der Waals surface area contributed by atoms with Gasteiger partial charge >= 0.3 is 0 Å². The van der Waals surface area contributed by atoms with E-state index in [1.807, 2.05) is 13.0 Å². The zero-order valence-corrected chi connectivity index (χ0v) is 16.9. The summed E-state index contributed by atoms with van der Waals surface area (Å²) < 4.78 is 5.72. The van der Waals surface area contributed by atoms with Crippen molar-refractivity contribution in [2.45, 2.75) is 13.8 Å². The first-order valence-electron chi connectivity index (χ1n) is 8.83. The summed E-state index contributed by atoms with van der Waals surface area (Å²) in [6.45, 7) is 3.58. The average molecular weight is 422 g/mol. The monoisotopic (exact) mass is 421 g/mol. The van der Waals surface area contributed by atoms with E-state index in [-0.39, 0.29) is 11.3 Å². The maximum absolute atomic E-state index is 12.4. The van der Waals surface area contributed by atoms with Crippen molar-refractivity contribution in [1.29, 1.82) is 5.26 Å². The molecule has 7 nitrogen and oxygen atoms in total. The summed E-state index contributed by atoms with van der Waals surface area (Å²) in [7, 11) is 0. The molecule has 0 radical (unpaired) electrons. The Kier molecular flexibility index (Phi) is 6.00. The quantitative estimate of drug-likeness (QED) is 0.247. The maximum atomic E-state index is 12.4. The number of nitrogens with one attached hydrogen (secondary N) is 1. The van der Waals surface area contributed by atoms with Crippen LogP contribution in [-0.2, 0) is 4.79 Å². The van der Waals surface area contributed by atoms with Gasteiger partial charge < -0.3 is 9.73 Å². The van der Waals surface area contributed by atoms with E-state index < -0.39 is 10.8 Å². The van der Waals surface area contributed by atoms with E-state index in [1.165, 1.54) is 18.2 Å². The number of nitrogens with zero attached hydrogens (tertiary/aromatic N) is 2. The molecule has 0 fully saturated rings. The second-order valence-corrected chi connectivity index (χ2v) is 6.95. The molecule has 8 heteroatoms. The Morgan fingerprint density at radius 3 is 2.57 bits per heavy atom. The van der Waals surface area contributed by atoms with E-state index in [0.29, 0.717) is 33.4 Å². The van der Waals surface area contributed by atoms with Crippen molar-refractivity contribution in [2.24, 2.45) is 0 Å². The van der Waals surface area contributed by atoms with Crippen LogP contribution in [0.15, 0.2) is 58.5 Å². The lowest BCUT2D eigenvalue weighted by Gasteiger charge is -2.06. The Hall–Kier alpha value is -3.89. The number of nitro groups is 1. The molecule has 30 heavy (non-hydrogen) atoms. The molecular formula is C22H16ClN3O4. The molecule has 0 saturated heterocycles. The predicted molar refractivity (Wildman–Crippen MR) is 114 cm³/mol. The van der Waals surface area contributed by atoms with Crippen LogP contribution in [0.2, 0.25) is 5.02 Å². The molecular weight excluding hydrogens is 406 g/mol. The summed E-state index contributed by atoms with van der Waals surface area (Å²) >= 11 is 6.06. The summed E-state index contributed by atoms with van der Waals surface area (Å²) in [5, 5.41) is 23.4. The number of aryl methyl sites for hydroxylation is 2. The number of furan rings is 1. The molecule has 1 amide bonds. The zero-order chi connectivity index (χ0) is 21.8. The predicted octanol–water partition coefficient (Wildman–Crippen LogP) is 5.67. The van der Waals surface area contributed by atoms with Gasteiger partial charge in [-0.15, -0.1) is 0 Å². The second kappa shape index (κ2) is 8.64. The third-order valence-corrected chi connectivity index (χ3v) is 4.80. The number of carbonyl (C=O) groups excluding carboxylic acids is 1. The number of hydrogen-bond acceptors (Lipinski definition) is 5. The van der Waals surface area contributed by atoms with Crippen LogP contribution in [0.1, 0.15) is 16.9 Å². The van der Waals surface area contributed by atoms with Crippen molar-refractivity contribution in [3.63, 3.8) is 0 Å². The minimum absolute atomic E-state index is 0.0115. The van der Waals surface area contributed by atoms with Crippen molar-refractivity contribution < 1.29 is 14.1 Å². The van der Waals surface area contributed by atoms with E-state index in [9.17, 15) is 20.2 Å². The summed E-state index contributed by atoms with van der Waals surface area (Å²) in [5.41, 5.74) is 2.53. The highest BCUT2D eigenvalue weighted by atomic mass is 35.5. The van der Waals surface area contributed by atoms with Gasteiger partial charge in [-0.05, 0) is 55.3 Å². The van der Waals surface area contributed by atoms with E-state index >= 15 is 0 Å². The summed E-state index contributed by atoms with van der Waals surface area (Å²) in [4.78, 5) is 22.8. The van der Waals surface area contributed by atoms with Crippen LogP contribution in [0.25, 0.3) is 17.4 Å². The number of nitriles is 1. The largest absolute Gasteiger partial charge is 0.457 e. The van der Waals surface area contributed by atoms with Crippen LogP contribution < -0.4 is 5.32 Å². The van der Waals surface area contributed by atoms with Gasteiger partial charge in [0.15, 0.2) is 0 Å². The van der Waals surface area contributed by atoms with E-state index in [2.05, 4.69) is 5.32 Å². The van der Waals surface area contributed by atoms with E-state index in [0.717, 1.165) is 5.56 Å². The summed E-state index contributed by atoms with van der Waals surface area (Å²) in [6.07, 6.45) is 1.33. The smallest absolute Gasteiger partial charge is 0.269 e. The average Bonchev–Trinajstić information content (AvgIpc) is 3.17. The SMILES string of the molecule is Cc1ccc(NC(=O)/C(C#N)=C/c2ccc(-c3ccc([N+](=O)[O-])cc3C)o2)cc1Cl. The minimum atomic E-state index is -0.595. The number of halogens is 1. The third-order valence-electron chi connectivity index (χ3n) is 4.39. The molecule has 0 saturated carbocycles. The third kappa shape index (κ3) is 4.57. The molecule has 0 aliphatic carbocycles. The lowest BCUT2D eigenvalue weighted by molar-refractivity contribution is -0.384. The van der Waals surface area contributed by atoms with Gasteiger partial charge in [0.1, 0.15) is 23.2 Å². The first-order chi connectivity index (χ1) is 14.3. The number of nitro benzene ring substituents is 1. The fraction of sp³-hybridized carbons (Fsp3) is 0.0909. The molecule has 0 bridgehead atoms. The maximum Gasteiger partial charge on any atom is 0.269 e. The first-order valence-corrected chi connectivity index (χ1v) is 9.21. The van der Waals surface area contributed by atoms with Crippen LogP contribution in [0, 0.1) is 35.3 Å². The number of benzene rings is 2. The van der Waals surface area contributed by atoms with Crippen LogP contribution in [0.3, 0.4) is 0 Å². The lowest BCUT2D eigenvalue weighted by atomic mass is 10.1. The molecule has 2 aromatic carbocycles. The Balaban J connectivity index is 1.83. The normalized spacial score (nSPS) is 11.1. The number of carbonyl (C=O) groups is 1. The zero-order valence-electron chi connectivity index (χ0n) is 16.1. The lowest BCUT2D eigenvalue weighted by Crippen LogP contribution is -2.13. The van der Waals surface area contributed by atoms with Gasteiger partial charge in [-0.2, -0.15) is 5.26 Å². The molecule has 0 atom stereocenters. The molecule has 1 heterocycles. The molecule has 150 valence electrons. The first kappa shape index (κ1) is 20.8. The molecule has 3 rings (SSSR count). The number of non-ortho nitro benzene ring substituents is 1. The highest BCUT2D eigenvalue weighted by Crippen LogP contribution is 2.29. The summed E-state index contributed by atoms with van der Waals surface area (Å²) in [5.74, 6) is 0.176. The Morgan fingerprint density at radius 1 is 1.17 bits per heavy atom. The van der Waals surface area contributed by atoms with Gasteiger partial charge in [-0.3, -0.25) is 14.9 Å². The van der Waals surface area contributed by atoms with Crippen molar-refractivity contribution in [1.82, 2.24) is 0 Å². The van der Waals surface area contributed by atoms with Gasteiger partial charge in [-0.25, -0.2) is 0 Å². The van der Waals surface area contributed by atoms with Crippen LogP contribution in [0.4, 0.5) is 11.4 Å². The van der Waals surface area contributed by atoms with E-state index in [4.69, 9.17) is 16.0 Å². The topological polar surface area (TPSA) is 109 Å². The Morgan fingerprint density at radius 2 is 1.93 bits per heavy atom. The number of rotatable bonds is 5. The molecule has 0 aliphatic heterocycles. The Labute approximate surface area is 177 Å². The van der Waals surface area contributed by atoms with Crippen LogP contribution in [-0.4, -0.2) is 10.8 Å². The van der Waals surface area contributed by atoms with Crippen LogP contribution >= 0.6 is 11.6 Å². The van der Waals surface area contributed by atoms with Crippen molar-refractivity contribution in [3.8, 4) is 17.4 Å². The summed E-state index contributed by atoms with van der Waals surface area (Å²) in [6, 6.07) is 14.6.